The molecule has 0 spiro atoms. The zero-order valence-corrected chi connectivity index (χ0v) is 9.12. The van der Waals surface area contributed by atoms with E-state index < -0.39 is 0 Å². The zero-order valence-electron chi connectivity index (χ0n) is 9.12. The number of cyclic esters (lactones) is 1. The Hall–Kier alpha value is -0.530. The Bertz CT molecular complexity index is 295. The summed E-state index contributed by atoms with van der Waals surface area (Å²) in [5.41, 5.74) is -0.199. The minimum absolute atomic E-state index is 0.0825. The van der Waals surface area contributed by atoms with Gasteiger partial charge < -0.3 is 4.74 Å². The predicted octanol–water partition coefficient (Wildman–Crippen LogP) is 2.23. The molecule has 1 aliphatic heterocycles. The molecule has 5 atom stereocenters. The van der Waals surface area contributed by atoms with Crippen molar-refractivity contribution in [3.8, 4) is 0 Å². The number of esters is 1. The molecule has 2 nitrogen and oxygen atoms in total. The maximum atomic E-state index is 11.8. The molecule has 0 aromatic carbocycles. The van der Waals surface area contributed by atoms with Gasteiger partial charge in [0.2, 0.25) is 0 Å². The van der Waals surface area contributed by atoms with Crippen LogP contribution in [0.3, 0.4) is 0 Å². The molecule has 1 heterocycles. The first kappa shape index (κ1) is 8.75. The summed E-state index contributed by atoms with van der Waals surface area (Å²) in [5, 5.41) is 0. The van der Waals surface area contributed by atoms with Gasteiger partial charge in [0.15, 0.2) is 0 Å². The van der Waals surface area contributed by atoms with Crippen molar-refractivity contribution < 1.29 is 9.53 Å². The quantitative estimate of drug-likeness (QED) is 0.553. The molecule has 0 radical (unpaired) electrons. The molecular weight excluding hydrogens is 176 g/mol. The maximum Gasteiger partial charge on any atom is 0.310 e. The van der Waals surface area contributed by atoms with E-state index in [4.69, 9.17) is 4.74 Å². The number of fused-ring (bicyclic) bond motifs is 5. The van der Waals surface area contributed by atoms with Gasteiger partial charge in [-0.25, -0.2) is 0 Å². The SMILES string of the molecule is CC1C2CCC1C1C2C(=O)OC1(C)C. The second-order valence-corrected chi connectivity index (χ2v) is 5.84. The van der Waals surface area contributed by atoms with E-state index in [9.17, 15) is 4.79 Å². The Morgan fingerprint density at radius 1 is 1.29 bits per heavy atom. The van der Waals surface area contributed by atoms with Crippen LogP contribution in [0.1, 0.15) is 33.6 Å². The van der Waals surface area contributed by atoms with E-state index in [1.165, 1.54) is 12.8 Å². The highest BCUT2D eigenvalue weighted by molar-refractivity contribution is 5.77. The van der Waals surface area contributed by atoms with Gasteiger partial charge in [-0.2, -0.15) is 0 Å². The molecule has 5 unspecified atom stereocenters. The Morgan fingerprint density at radius 3 is 2.57 bits per heavy atom. The summed E-state index contributed by atoms with van der Waals surface area (Å²) in [7, 11) is 0. The minimum Gasteiger partial charge on any atom is -0.459 e. The number of hydrogen-bond donors (Lipinski definition) is 0. The Labute approximate surface area is 85.0 Å². The third-order valence-corrected chi connectivity index (χ3v) is 4.93. The van der Waals surface area contributed by atoms with Crippen molar-refractivity contribution in [2.75, 3.05) is 0 Å². The summed E-state index contributed by atoms with van der Waals surface area (Å²) in [6.45, 7) is 6.50. The second-order valence-electron chi connectivity index (χ2n) is 5.84. The molecule has 3 fully saturated rings. The summed E-state index contributed by atoms with van der Waals surface area (Å²) >= 11 is 0. The lowest BCUT2D eigenvalue weighted by Crippen LogP contribution is -2.34. The Kier molecular flexibility index (Phi) is 1.46. The number of ether oxygens (including phenoxy) is 1. The first-order chi connectivity index (χ1) is 6.52. The number of carbonyl (C=O) groups is 1. The highest BCUT2D eigenvalue weighted by Crippen LogP contribution is 2.62. The molecule has 1 saturated heterocycles. The van der Waals surface area contributed by atoms with Crippen molar-refractivity contribution in [2.45, 2.75) is 39.2 Å². The fourth-order valence-electron chi connectivity index (χ4n) is 4.44. The lowest BCUT2D eigenvalue weighted by atomic mass is 9.73. The molecular formula is C12H18O2. The normalized spacial score (nSPS) is 53.4. The molecule has 0 aromatic heterocycles. The number of carbonyl (C=O) groups excluding carboxylic acids is 1. The predicted molar refractivity (Wildman–Crippen MR) is 52.5 cm³/mol. The van der Waals surface area contributed by atoms with Gasteiger partial charge in [0.1, 0.15) is 5.60 Å². The van der Waals surface area contributed by atoms with E-state index in [1.807, 2.05) is 0 Å². The molecule has 0 aromatic rings. The maximum absolute atomic E-state index is 11.8. The van der Waals surface area contributed by atoms with Crippen molar-refractivity contribution >= 4 is 5.97 Å². The van der Waals surface area contributed by atoms with E-state index in [-0.39, 0.29) is 17.5 Å². The molecule has 78 valence electrons. The van der Waals surface area contributed by atoms with Gasteiger partial charge in [0, 0.05) is 5.92 Å². The second kappa shape index (κ2) is 2.34. The molecule has 14 heavy (non-hydrogen) atoms. The Balaban J connectivity index is 2.03. The third kappa shape index (κ3) is 0.807. The van der Waals surface area contributed by atoms with Crippen LogP contribution in [0.15, 0.2) is 0 Å². The van der Waals surface area contributed by atoms with Crippen LogP contribution in [0, 0.1) is 29.6 Å². The van der Waals surface area contributed by atoms with Crippen LogP contribution in [0.4, 0.5) is 0 Å². The summed E-state index contributed by atoms with van der Waals surface area (Å²) in [4.78, 5) is 11.8. The average molecular weight is 194 g/mol. The smallest absolute Gasteiger partial charge is 0.310 e. The van der Waals surface area contributed by atoms with E-state index >= 15 is 0 Å². The lowest BCUT2D eigenvalue weighted by Gasteiger charge is -2.30. The van der Waals surface area contributed by atoms with Crippen LogP contribution in [-0.4, -0.2) is 11.6 Å². The fraction of sp³-hybridized carbons (Fsp3) is 0.917. The first-order valence-corrected chi connectivity index (χ1v) is 5.75. The topological polar surface area (TPSA) is 26.3 Å². The molecule has 2 bridgehead atoms. The van der Waals surface area contributed by atoms with Gasteiger partial charge in [-0.05, 0) is 44.4 Å². The van der Waals surface area contributed by atoms with Crippen LogP contribution >= 0.6 is 0 Å². The third-order valence-electron chi connectivity index (χ3n) is 4.93. The van der Waals surface area contributed by atoms with Gasteiger partial charge >= 0.3 is 5.97 Å². The molecule has 2 saturated carbocycles. The van der Waals surface area contributed by atoms with Crippen LogP contribution in [0.5, 0.6) is 0 Å². The van der Waals surface area contributed by atoms with Gasteiger partial charge in [-0.3, -0.25) is 4.79 Å². The molecule has 0 amide bonds. The van der Waals surface area contributed by atoms with Crippen molar-refractivity contribution in [2.24, 2.45) is 29.6 Å². The van der Waals surface area contributed by atoms with E-state index in [0.29, 0.717) is 11.8 Å². The highest BCUT2D eigenvalue weighted by Gasteiger charge is 2.65. The average Bonchev–Trinajstić information content (AvgIpc) is 2.65. The van der Waals surface area contributed by atoms with Crippen molar-refractivity contribution in [3.05, 3.63) is 0 Å². The molecule has 0 N–H and O–H groups in total. The van der Waals surface area contributed by atoms with Crippen LogP contribution in [-0.2, 0) is 9.53 Å². The van der Waals surface area contributed by atoms with E-state index in [0.717, 1.165) is 11.8 Å². The largest absolute Gasteiger partial charge is 0.459 e. The van der Waals surface area contributed by atoms with Gasteiger partial charge in [-0.15, -0.1) is 0 Å². The monoisotopic (exact) mass is 194 g/mol. The standard InChI is InChI=1S/C12H18O2/c1-6-7-4-5-8(6)10-9(7)11(13)14-12(10,2)3/h6-10H,4-5H2,1-3H3. The van der Waals surface area contributed by atoms with E-state index in [2.05, 4.69) is 20.8 Å². The summed E-state index contributed by atoms with van der Waals surface area (Å²) in [6, 6.07) is 0. The van der Waals surface area contributed by atoms with Gasteiger partial charge in [0.05, 0.1) is 5.92 Å². The molecule has 3 rings (SSSR count). The minimum atomic E-state index is -0.199. The van der Waals surface area contributed by atoms with Crippen molar-refractivity contribution in [1.29, 1.82) is 0 Å². The van der Waals surface area contributed by atoms with Crippen LogP contribution in [0.25, 0.3) is 0 Å². The highest BCUT2D eigenvalue weighted by atomic mass is 16.6. The van der Waals surface area contributed by atoms with Crippen molar-refractivity contribution in [3.63, 3.8) is 0 Å². The van der Waals surface area contributed by atoms with E-state index in [1.54, 1.807) is 0 Å². The summed E-state index contributed by atoms with van der Waals surface area (Å²) < 4.78 is 5.51. The fourth-order valence-corrected chi connectivity index (χ4v) is 4.44. The van der Waals surface area contributed by atoms with Crippen molar-refractivity contribution in [1.82, 2.24) is 0 Å². The number of hydrogen-bond acceptors (Lipinski definition) is 2. The Morgan fingerprint density at radius 2 is 1.93 bits per heavy atom. The zero-order chi connectivity index (χ0) is 10.1. The van der Waals surface area contributed by atoms with Gasteiger partial charge in [0.25, 0.3) is 0 Å². The van der Waals surface area contributed by atoms with Crippen LogP contribution < -0.4 is 0 Å². The summed E-state index contributed by atoms with van der Waals surface area (Å²) in [6.07, 6.45) is 2.56. The summed E-state index contributed by atoms with van der Waals surface area (Å²) in [5.74, 6) is 2.93. The molecule has 2 heteroatoms. The lowest BCUT2D eigenvalue weighted by molar-refractivity contribution is -0.150. The first-order valence-electron chi connectivity index (χ1n) is 5.75. The molecule has 3 aliphatic rings. The number of rotatable bonds is 0. The van der Waals surface area contributed by atoms with Gasteiger partial charge in [-0.1, -0.05) is 6.92 Å². The molecule has 2 aliphatic carbocycles. The van der Waals surface area contributed by atoms with Crippen LogP contribution in [0.2, 0.25) is 0 Å².